The fourth-order valence-corrected chi connectivity index (χ4v) is 1.94. The Balaban J connectivity index is 2.23. The van der Waals surface area contributed by atoms with Gasteiger partial charge in [0, 0.05) is 0 Å². The molecule has 18 heavy (non-hydrogen) atoms. The number of aromatic amines is 1. The van der Waals surface area contributed by atoms with Crippen LogP contribution in [-0.4, -0.2) is 9.97 Å². The molecule has 1 N–H and O–H groups in total. The summed E-state index contributed by atoms with van der Waals surface area (Å²) in [6.45, 7) is 1.81. The maximum Gasteiger partial charge on any atom is 0.151 e. The Labute approximate surface area is 102 Å². The fourth-order valence-electron chi connectivity index (χ4n) is 1.94. The van der Waals surface area contributed by atoms with Crippen LogP contribution >= 0.6 is 0 Å². The van der Waals surface area contributed by atoms with Crippen LogP contribution in [-0.2, 0) is 0 Å². The van der Waals surface area contributed by atoms with Gasteiger partial charge in [-0.1, -0.05) is 12.1 Å². The van der Waals surface area contributed by atoms with E-state index in [0.717, 1.165) is 5.56 Å². The van der Waals surface area contributed by atoms with E-state index in [4.69, 9.17) is 0 Å². The number of fused-ring (bicyclic) bond motifs is 1. The zero-order valence-corrected chi connectivity index (χ0v) is 9.67. The molecule has 0 radical (unpaired) electrons. The molecule has 0 saturated carbocycles. The van der Waals surface area contributed by atoms with Gasteiger partial charge in [-0.25, -0.2) is 13.8 Å². The van der Waals surface area contributed by atoms with Crippen LogP contribution in [0.2, 0.25) is 0 Å². The van der Waals surface area contributed by atoms with Crippen molar-refractivity contribution in [3.05, 3.63) is 53.6 Å². The quantitative estimate of drug-likeness (QED) is 0.692. The van der Waals surface area contributed by atoms with Crippen molar-refractivity contribution >= 4 is 11.0 Å². The zero-order chi connectivity index (χ0) is 12.7. The number of halogens is 2. The van der Waals surface area contributed by atoms with E-state index in [1.807, 2.05) is 6.92 Å². The summed E-state index contributed by atoms with van der Waals surface area (Å²) in [5, 5.41) is 0. The number of nitrogens with zero attached hydrogens (tertiary/aromatic N) is 1. The number of nitrogens with one attached hydrogen (secondary N) is 1. The lowest BCUT2D eigenvalue weighted by molar-refractivity contribution is 0.628. The first kappa shape index (κ1) is 10.9. The van der Waals surface area contributed by atoms with Crippen molar-refractivity contribution in [2.45, 2.75) is 6.92 Å². The second-order valence-corrected chi connectivity index (χ2v) is 4.20. The molecule has 3 rings (SSSR count). The lowest BCUT2D eigenvalue weighted by Crippen LogP contribution is -1.87. The van der Waals surface area contributed by atoms with Crippen molar-refractivity contribution in [3.8, 4) is 11.4 Å². The fraction of sp³-hybridized carbons (Fsp3) is 0.0714. The molecule has 0 saturated heterocycles. The average molecular weight is 244 g/mol. The highest BCUT2D eigenvalue weighted by atomic mass is 19.1. The molecule has 0 amide bonds. The third-order valence-corrected chi connectivity index (χ3v) is 2.84. The van der Waals surface area contributed by atoms with Crippen LogP contribution in [0, 0.1) is 18.6 Å². The van der Waals surface area contributed by atoms with Crippen LogP contribution < -0.4 is 0 Å². The molecule has 0 bridgehead atoms. The van der Waals surface area contributed by atoms with Crippen LogP contribution in [0.1, 0.15) is 5.56 Å². The Morgan fingerprint density at radius 3 is 2.61 bits per heavy atom. The Bertz CT molecular complexity index is 732. The Hall–Kier alpha value is -2.23. The Morgan fingerprint density at radius 2 is 1.89 bits per heavy atom. The molecule has 2 nitrogen and oxygen atoms in total. The molecule has 0 aliphatic rings. The van der Waals surface area contributed by atoms with E-state index in [1.54, 1.807) is 24.3 Å². The second-order valence-electron chi connectivity index (χ2n) is 4.20. The number of imidazole rings is 1. The number of benzene rings is 2. The van der Waals surface area contributed by atoms with E-state index >= 15 is 0 Å². The van der Waals surface area contributed by atoms with Gasteiger partial charge < -0.3 is 4.98 Å². The molecule has 2 aromatic carbocycles. The molecule has 0 spiro atoms. The third-order valence-electron chi connectivity index (χ3n) is 2.84. The summed E-state index contributed by atoms with van der Waals surface area (Å²) in [5.41, 5.74) is 1.96. The van der Waals surface area contributed by atoms with Crippen LogP contribution in [0.3, 0.4) is 0 Å². The SMILES string of the molecule is Cc1ccc(-c2nc3c(F)cccc3[nH]2)c(F)c1. The molecule has 90 valence electrons. The minimum atomic E-state index is -0.414. The summed E-state index contributed by atoms with van der Waals surface area (Å²) in [6.07, 6.45) is 0. The predicted octanol–water partition coefficient (Wildman–Crippen LogP) is 3.82. The summed E-state index contributed by atoms with van der Waals surface area (Å²) in [4.78, 5) is 7.02. The van der Waals surface area contributed by atoms with Crippen LogP contribution in [0.15, 0.2) is 36.4 Å². The normalized spacial score (nSPS) is 11.1. The van der Waals surface area contributed by atoms with Gasteiger partial charge in [-0.15, -0.1) is 0 Å². The number of rotatable bonds is 1. The van der Waals surface area contributed by atoms with Gasteiger partial charge in [0.15, 0.2) is 5.82 Å². The topological polar surface area (TPSA) is 28.7 Å². The molecular weight excluding hydrogens is 234 g/mol. The van der Waals surface area contributed by atoms with Gasteiger partial charge in [-0.05, 0) is 36.8 Å². The van der Waals surface area contributed by atoms with Gasteiger partial charge in [-0.2, -0.15) is 0 Å². The molecular formula is C14H10F2N2. The highest BCUT2D eigenvalue weighted by Gasteiger charge is 2.11. The summed E-state index contributed by atoms with van der Waals surface area (Å²) < 4.78 is 27.3. The molecule has 0 fully saturated rings. The minimum Gasteiger partial charge on any atom is -0.338 e. The van der Waals surface area contributed by atoms with Crippen molar-refractivity contribution in [3.63, 3.8) is 0 Å². The van der Waals surface area contributed by atoms with E-state index in [9.17, 15) is 8.78 Å². The summed E-state index contributed by atoms with van der Waals surface area (Å²) >= 11 is 0. The number of aromatic nitrogens is 2. The van der Waals surface area contributed by atoms with Gasteiger partial charge in [-0.3, -0.25) is 0 Å². The average Bonchev–Trinajstić information content (AvgIpc) is 2.74. The number of para-hydroxylation sites is 1. The van der Waals surface area contributed by atoms with E-state index in [0.29, 0.717) is 16.9 Å². The van der Waals surface area contributed by atoms with Crippen molar-refractivity contribution < 1.29 is 8.78 Å². The van der Waals surface area contributed by atoms with Crippen molar-refractivity contribution in [2.24, 2.45) is 0 Å². The minimum absolute atomic E-state index is 0.229. The lowest BCUT2D eigenvalue weighted by Gasteiger charge is -2.00. The van der Waals surface area contributed by atoms with Gasteiger partial charge in [0.05, 0.1) is 11.1 Å². The van der Waals surface area contributed by atoms with Crippen LogP contribution in [0.5, 0.6) is 0 Å². The third kappa shape index (κ3) is 1.66. The van der Waals surface area contributed by atoms with Gasteiger partial charge >= 0.3 is 0 Å². The predicted molar refractivity (Wildman–Crippen MR) is 66.2 cm³/mol. The molecule has 0 aliphatic heterocycles. The van der Waals surface area contributed by atoms with E-state index in [2.05, 4.69) is 9.97 Å². The zero-order valence-electron chi connectivity index (χ0n) is 9.67. The molecule has 1 heterocycles. The number of hydrogen-bond acceptors (Lipinski definition) is 1. The van der Waals surface area contributed by atoms with Crippen LogP contribution in [0.4, 0.5) is 8.78 Å². The summed E-state index contributed by atoms with van der Waals surface area (Å²) in [7, 11) is 0. The van der Waals surface area contributed by atoms with Gasteiger partial charge in [0.2, 0.25) is 0 Å². The van der Waals surface area contributed by atoms with E-state index in [-0.39, 0.29) is 11.3 Å². The molecule has 4 heteroatoms. The monoisotopic (exact) mass is 244 g/mol. The van der Waals surface area contributed by atoms with Crippen molar-refractivity contribution in [2.75, 3.05) is 0 Å². The number of aryl methyl sites for hydroxylation is 1. The maximum absolute atomic E-state index is 13.8. The Kier molecular flexibility index (Phi) is 2.37. The number of H-pyrrole nitrogens is 1. The molecule has 0 aliphatic carbocycles. The largest absolute Gasteiger partial charge is 0.338 e. The van der Waals surface area contributed by atoms with E-state index < -0.39 is 5.82 Å². The van der Waals surface area contributed by atoms with Gasteiger partial charge in [0.25, 0.3) is 0 Å². The molecule has 0 atom stereocenters. The van der Waals surface area contributed by atoms with Crippen molar-refractivity contribution in [1.29, 1.82) is 0 Å². The second kappa shape index (κ2) is 3.91. The van der Waals surface area contributed by atoms with Gasteiger partial charge in [0.1, 0.15) is 17.2 Å². The van der Waals surface area contributed by atoms with E-state index in [1.165, 1.54) is 12.1 Å². The highest BCUT2D eigenvalue weighted by Crippen LogP contribution is 2.24. The number of hydrogen-bond donors (Lipinski definition) is 1. The Morgan fingerprint density at radius 1 is 1.06 bits per heavy atom. The first-order valence-electron chi connectivity index (χ1n) is 5.56. The highest BCUT2D eigenvalue weighted by molar-refractivity contribution is 5.79. The first-order chi connectivity index (χ1) is 8.65. The summed E-state index contributed by atoms with van der Waals surface area (Å²) in [6, 6.07) is 9.49. The maximum atomic E-state index is 13.8. The first-order valence-corrected chi connectivity index (χ1v) is 5.56. The standard InChI is InChI=1S/C14H10F2N2/c1-8-5-6-9(11(16)7-8)14-17-12-4-2-3-10(15)13(12)18-14/h2-7H,1H3,(H,17,18). The smallest absolute Gasteiger partial charge is 0.151 e. The van der Waals surface area contributed by atoms with Crippen LogP contribution in [0.25, 0.3) is 22.4 Å². The molecule has 1 aromatic heterocycles. The summed E-state index contributed by atoms with van der Waals surface area (Å²) in [5.74, 6) is -0.440. The molecule has 3 aromatic rings. The molecule has 0 unspecified atom stereocenters. The van der Waals surface area contributed by atoms with Crippen molar-refractivity contribution in [1.82, 2.24) is 9.97 Å². The lowest BCUT2D eigenvalue weighted by atomic mass is 10.1.